The van der Waals surface area contributed by atoms with Crippen LogP contribution < -0.4 is 5.32 Å². The quantitative estimate of drug-likeness (QED) is 0.791. The Labute approximate surface area is 107 Å². The van der Waals surface area contributed by atoms with Gasteiger partial charge in [0.1, 0.15) is 0 Å². The largest absolute Gasteiger partial charge is 0.376 e. The molecule has 2 atom stereocenters. The highest BCUT2D eigenvalue weighted by atomic mass is 32.1. The summed E-state index contributed by atoms with van der Waals surface area (Å²) < 4.78 is 5.43. The van der Waals surface area contributed by atoms with E-state index in [1.165, 1.54) is 0 Å². The molecule has 0 saturated carbocycles. The first-order valence-corrected chi connectivity index (χ1v) is 6.24. The van der Waals surface area contributed by atoms with Gasteiger partial charge in [-0.3, -0.25) is 4.79 Å². The molecule has 0 spiro atoms. The standard InChI is InChI=1S/C13H17NO2S/c1-8-3-4-10(17)7-11(8)13(15)14-12-5-6-16-9(12)2/h3-4,7,9,12,17H,5-6H2,1-2H3,(H,14,15). The molecular formula is C13H17NO2S. The van der Waals surface area contributed by atoms with Gasteiger partial charge in [-0.25, -0.2) is 0 Å². The van der Waals surface area contributed by atoms with E-state index in [0.29, 0.717) is 5.56 Å². The number of ether oxygens (including phenoxy) is 1. The minimum absolute atomic E-state index is 0.0410. The number of hydrogen-bond donors (Lipinski definition) is 2. The maximum absolute atomic E-state index is 12.1. The molecule has 1 aliphatic rings. The molecule has 1 fully saturated rings. The molecule has 92 valence electrons. The predicted molar refractivity (Wildman–Crippen MR) is 69.7 cm³/mol. The van der Waals surface area contributed by atoms with Gasteiger partial charge in [0.15, 0.2) is 0 Å². The first-order valence-electron chi connectivity index (χ1n) is 5.80. The van der Waals surface area contributed by atoms with E-state index >= 15 is 0 Å². The molecular weight excluding hydrogens is 234 g/mol. The van der Waals surface area contributed by atoms with E-state index in [4.69, 9.17) is 4.74 Å². The molecule has 4 heteroatoms. The van der Waals surface area contributed by atoms with Crippen molar-refractivity contribution in [2.75, 3.05) is 6.61 Å². The molecule has 1 aromatic carbocycles. The lowest BCUT2D eigenvalue weighted by molar-refractivity contribution is 0.0865. The highest BCUT2D eigenvalue weighted by molar-refractivity contribution is 7.80. The van der Waals surface area contributed by atoms with Crippen molar-refractivity contribution < 1.29 is 9.53 Å². The zero-order valence-electron chi connectivity index (χ0n) is 10.1. The van der Waals surface area contributed by atoms with E-state index < -0.39 is 0 Å². The highest BCUT2D eigenvalue weighted by Gasteiger charge is 2.26. The lowest BCUT2D eigenvalue weighted by Crippen LogP contribution is -2.39. The molecule has 1 amide bonds. The minimum Gasteiger partial charge on any atom is -0.376 e. The molecule has 17 heavy (non-hydrogen) atoms. The molecule has 0 aliphatic carbocycles. The van der Waals surface area contributed by atoms with Crippen LogP contribution in [0.2, 0.25) is 0 Å². The van der Waals surface area contributed by atoms with Gasteiger partial charge in [-0.2, -0.15) is 0 Å². The lowest BCUT2D eigenvalue weighted by atomic mass is 10.1. The maximum atomic E-state index is 12.1. The van der Waals surface area contributed by atoms with Gasteiger partial charge in [0, 0.05) is 17.1 Å². The number of thiol groups is 1. The van der Waals surface area contributed by atoms with E-state index in [1.807, 2.05) is 26.0 Å². The molecule has 1 heterocycles. The monoisotopic (exact) mass is 251 g/mol. The highest BCUT2D eigenvalue weighted by Crippen LogP contribution is 2.17. The van der Waals surface area contributed by atoms with Crippen LogP contribution in [0.25, 0.3) is 0 Å². The van der Waals surface area contributed by atoms with Crippen LogP contribution >= 0.6 is 12.6 Å². The fourth-order valence-electron chi connectivity index (χ4n) is 2.02. The smallest absolute Gasteiger partial charge is 0.251 e. The lowest BCUT2D eigenvalue weighted by Gasteiger charge is -2.17. The molecule has 1 aliphatic heterocycles. The van der Waals surface area contributed by atoms with Gasteiger partial charge in [-0.05, 0) is 38.0 Å². The number of nitrogens with one attached hydrogen (secondary N) is 1. The molecule has 1 saturated heterocycles. The molecule has 1 N–H and O–H groups in total. The second-order valence-electron chi connectivity index (χ2n) is 4.44. The molecule has 1 aromatic rings. The molecule has 0 aromatic heterocycles. The van der Waals surface area contributed by atoms with E-state index in [9.17, 15) is 4.79 Å². The summed E-state index contributed by atoms with van der Waals surface area (Å²) in [7, 11) is 0. The summed E-state index contributed by atoms with van der Waals surface area (Å²) in [4.78, 5) is 12.9. The van der Waals surface area contributed by atoms with E-state index in [-0.39, 0.29) is 18.1 Å². The van der Waals surface area contributed by atoms with Gasteiger partial charge < -0.3 is 10.1 Å². The number of aryl methyl sites for hydroxylation is 1. The van der Waals surface area contributed by atoms with Gasteiger partial charge in [0.2, 0.25) is 0 Å². The number of carbonyl (C=O) groups is 1. The number of rotatable bonds is 2. The Morgan fingerprint density at radius 1 is 1.53 bits per heavy atom. The average Bonchev–Trinajstić information content (AvgIpc) is 2.68. The fourth-order valence-corrected chi connectivity index (χ4v) is 2.23. The Hall–Kier alpha value is -1.00. The van der Waals surface area contributed by atoms with Crippen molar-refractivity contribution in [2.24, 2.45) is 0 Å². The topological polar surface area (TPSA) is 38.3 Å². The minimum atomic E-state index is -0.0410. The van der Waals surface area contributed by atoms with E-state index in [0.717, 1.165) is 23.5 Å². The van der Waals surface area contributed by atoms with Crippen molar-refractivity contribution in [1.29, 1.82) is 0 Å². The number of carbonyl (C=O) groups excluding carboxylic acids is 1. The summed E-state index contributed by atoms with van der Waals surface area (Å²) in [5, 5.41) is 3.02. The third-order valence-corrected chi connectivity index (χ3v) is 3.44. The SMILES string of the molecule is Cc1ccc(S)cc1C(=O)NC1CCOC1C. The van der Waals surface area contributed by atoms with Crippen LogP contribution in [0.15, 0.2) is 23.1 Å². The van der Waals surface area contributed by atoms with Crippen LogP contribution in [-0.2, 0) is 4.74 Å². The Kier molecular flexibility index (Phi) is 3.74. The van der Waals surface area contributed by atoms with Crippen LogP contribution in [0.5, 0.6) is 0 Å². The van der Waals surface area contributed by atoms with Gasteiger partial charge in [-0.15, -0.1) is 12.6 Å². The summed E-state index contributed by atoms with van der Waals surface area (Å²) >= 11 is 4.26. The summed E-state index contributed by atoms with van der Waals surface area (Å²) in [5.74, 6) is -0.0410. The van der Waals surface area contributed by atoms with Gasteiger partial charge >= 0.3 is 0 Å². The molecule has 0 radical (unpaired) electrons. The van der Waals surface area contributed by atoms with Crippen LogP contribution in [0, 0.1) is 6.92 Å². The van der Waals surface area contributed by atoms with E-state index in [1.54, 1.807) is 6.07 Å². The second-order valence-corrected chi connectivity index (χ2v) is 4.96. The average molecular weight is 251 g/mol. The Morgan fingerprint density at radius 3 is 2.94 bits per heavy atom. The van der Waals surface area contributed by atoms with Crippen LogP contribution in [0.3, 0.4) is 0 Å². The number of benzene rings is 1. The summed E-state index contributed by atoms with van der Waals surface area (Å²) in [6, 6.07) is 5.71. The van der Waals surface area contributed by atoms with Gasteiger partial charge in [0.05, 0.1) is 12.1 Å². The predicted octanol–water partition coefficient (Wildman–Crippen LogP) is 2.19. The summed E-state index contributed by atoms with van der Waals surface area (Å²) in [6.07, 6.45) is 0.977. The summed E-state index contributed by atoms with van der Waals surface area (Å²) in [5.41, 5.74) is 1.66. The van der Waals surface area contributed by atoms with Crippen molar-refractivity contribution in [1.82, 2.24) is 5.32 Å². The van der Waals surface area contributed by atoms with E-state index in [2.05, 4.69) is 17.9 Å². The maximum Gasteiger partial charge on any atom is 0.251 e. The van der Waals surface area contributed by atoms with Crippen molar-refractivity contribution in [2.45, 2.75) is 37.3 Å². The zero-order chi connectivity index (χ0) is 12.4. The van der Waals surface area contributed by atoms with Crippen LogP contribution in [0.1, 0.15) is 29.3 Å². The Balaban J connectivity index is 2.11. The molecule has 2 unspecified atom stereocenters. The van der Waals surface area contributed by atoms with Crippen molar-refractivity contribution in [3.63, 3.8) is 0 Å². The van der Waals surface area contributed by atoms with Crippen molar-refractivity contribution in [3.05, 3.63) is 29.3 Å². The number of hydrogen-bond acceptors (Lipinski definition) is 3. The molecule has 2 rings (SSSR count). The van der Waals surface area contributed by atoms with Gasteiger partial charge in [0.25, 0.3) is 5.91 Å². The zero-order valence-corrected chi connectivity index (χ0v) is 11.0. The van der Waals surface area contributed by atoms with Crippen molar-refractivity contribution >= 4 is 18.5 Å². The second kappa shape index (κ2) is 5.10. The van der Waals surface area contributed by atoms with Crippen molar-refractivity contribution in [3.8, 4) is 0 Å². The van der Waals surface area contributed by atoms with Crippen LogP contribution in [0.4, 0.5) is 0 Å². The fraction of sp³-hybridized carbons (Fsp3) is 0.462. The third kappa shape index (κ3) is 2.82. The summed E-state index contributed by atoms with van der Waals surface area (Å²) in [6.45, 7) is 4.63. The molecule has 0 bridgehead atoms. The van der Waals surface area contributed by atoms with Gasteiger partial charge in [-0.1, -0.05) is 6.07 Å². The normalized spacial score (nSPS) is 23.7. The Bertz CT molecular complexity index is 433. The first kappa shape index (κ1) is 12.5. The van der Waals surface area contributed by atoms with Crippen LogP contribution in [-0.4, -0.2) is 24.7 Å². The third-order valence-electron chi connectivity index (χ3n) is 3.16. The number of amides is 1. The Morgan fingerprint density at radius 2 is 2.29 bits per heavy atom. The molecule has 3 nitrogen and oxygen atoms in total. The first-order chi connectivity index (χ1) is 8.08.